The van der Waals surface area contributed by atoms with Crippen LogP contribution < -0.4 is 21.3 Å². The Bertz CT molecular complexity index is 251. The molecule has 0 atom stereocenters. The van der Waals surface area contributed by atoms with Crippen LogP contribution in [0.3, 0.4) is 0 Å². The summed E-state index contributed by atoms with van der Waals surface area (Å²) in [7, 11) is 0. The first-order chi connectivity index (χ1) is 11.7. The summed E-state index contributed by atoms with van der Waals surface area (Å²) in [6.07, 6.45) is 6.15. The van der Waals surface area contributed by atoms with E-state index in [1.165, 1.54) is 32.1 Å². The van der Waals surface area contributed by atoms with Crippen LogP contribution in [0.25, 0.3) is 0 Å². The van der Waals surface area contributed by atoms with E-state index in [1.54, 1.807) is 0 Å². The van der Waals surface area contributed by atoms with Crippen molar-refractivity contribution in [3.63, 3.8) is 0 Å². The van der Waals surface area contributed by atoms with Crippen LogP contribution in [0, 0.1) is 10.8 Å². The van der Waals surface area contributed by atoms with Crippen molar-refractivity contribution >= 4 is 0 Å². The lowest BCUT2D eigenvalue weighted by atomic mass is 9.92. The SMILES string of the molecule is CC(C)(C)CCNCCCNCCCNCCCNCCC(C)(C)C. The lowest BCUT2D eigenvalue weighted by Gasteiger charge is -2.18. The fourth-order valence-corrected chi connectivity index (χ4v) is 2.44. The van der Waals surface area contributed by atoms with Gasteiger partial charge in [-0.2, -0.15) is 0 Å². The molecule has 25 heavy (non-hydrogen) atoms. The van der Waals surface area contributed by atoms with E-state index < -0.39 is 0 Å². The summed E-state index contributed by atoms with van der Waals surface area (Å²) < 4.78 is 0. The molecule has 4 N–H and O–H groups in total. The van der Waals surface area contributed by atoms with Crippen LogP contribution in [0.15, 0.2) is 0 Å². The third kappa shape index (κ3) is 23.8. The monoisotopic (exact) mass is 356 g/mol. The fourth-order valence-electron chi connectivity index (χ4n) is 2.44. The second kappa shape index (κ2) is 15.0. The smallest absolute Gasteiger partial charge is 0.00368 e. The van der Waals surface area contributed by atoms with Gasteiger partial charge >= 0.3 is 0 Å². The molecular weight excluding hydrogens is 308 g/mol. The first-order valence-electron chi connectivity index (χ1n) is 10.5. The Kier molecular flexibility index (Phi) is 14.9. The van der Waals surface area contributed by atoms with Crippen molar-refractivity contribution in [3.8, 4) is 0 Å². The first-order valence-corrected chi connectivity index (χ1v) is 10.5. The molecule has 0 amide bonds. The third-order valence-electron chi connectivity index (χ3n) is 4.22. The van der Waals surface area contributed by atoms with Crippen molar-refractivity contribution in [2.75, 3.05) is 52.4 Å². The minimum atomic E-state index is 0.445. The van der Waals surface area contributed by atoms with Crippen molar-refractivity contribution in [2.24, 2.45) is 10.8 Å². The molecule has 0 fully saturated rings. The summed E-state index contributed by atoms with van der Waals surface area (Å²) in [5.41, 5.74) is 0.890. The van der Waals surface area contributed by atoms with E-state index in [0.717, 1.165) is 52.4 Å². The van der Waals surface area contributed by atoms with Gasteiger partial charge in [-0.15, -0.1) is 0 Å². The minimum absolute atomic E-state index is 0.445. The Balaban J connectivity index is 3.08. The van der Waals surface area contributed by atoms with Gasteiger partial charge in [0.2, 0.25) is 0 Å². The van der Waals surface area contributed by atoms with Gasteiger partial charge in [0.1, 0.15) is 0 Å². The molecule has 0 aromatic heterocycles. The van der Waals surface area contributed by atoms with Gasteiger partial charge in [-0.1, -0.05) is 41.5 Å². The highest BCUT2D eigenvalue weighted by Gasteiger charge is 2.08. The normalized spacial score (nSPS) is 12.7. The first kappa shape index (κ1) is 24.8. The number of hydrogen-bond acceptors (Lipinski definition) is 4. The minimum Gasteiger partial charge on any atom is -0.317 e. The second-order valence-electron chi connectivity index (χ2n) is 9.68. The van der Waals surface area contributed by atoms with Crippen molar-refractivity contribution in [1.82, 2.24) is 21.3 Å². The Morgan fingerprint density at radius 2 is 0.640 bits per heavy atom. The Labute approximate surface area is 158 Å². The van der Waals surface area contributed by atoms with Gasteiger partial charge in [0, 0.05) is 0 Å². The van der Waals surface area contributed by atoms with Crippen molar-refractivity contribution in [1.29, 1.82) is 0 Å². The molecule has 0 saturated carbocycles. The summed E-state index contributed by atoms with van der Waals surface area (Å²) in [5, 5.41) is 14.1. The molecule has 0 aliphatic heterocycles. The predicted octanol–water partition coefficient (Wildman–Crippen LogP) is 3.39. The average Bonchev–Trinajstić information content (AvgIpc) is 2.48. The molecule has 0 rings (SSSR count). The molecule has 0 saturated heterocycles. The Morgan fingerprint density at radius 1 is 0.400 bits per heavy atom. The van der Waals surface area contributed by atoms with Gasteiger partial charge in [0.05, 0.1) is 0 Å². The quantitative estimate of drug-likeness (QED) is 0.320. The van der Waals surface area contributed by atoms with Gasteiger partial charge in [0.25, 0.3) is 0 Å². The lowest BCUT2D eigenvalue weighted by molar-refractivity contribution is 0.366. The molecule has 0 heterocycles. The molecule has 0 aromatic rings. The summed E-state index contributed by atoms with van der Waals surface area (Å²) >= 11 is 0. The summed E-state index contributed by atoms with van der Waals surface area (Å²) in [6.45, 7) is 22.8. The van der Waals surface area contributed by atoms with Gasteiger partial charge < -0.3 is 21.3 Å². The van der Waals surface area contributed by atoms with E-state index in [0.29, 0.717) is 10.8 Å². The van der Waals surface area contributed by atoms with Crippen molar-refractivity contribution in [2.45, 2.75) is 73.6 Å². The van der Waals surface area contributed by atoms with Crippen LogP contribution in [0.1, 0.15) is 73.6 Å². The molecule has 0 radical (unpaired) electrons. The lowest BCUT2D eigenvalue weighted by Crippen LogP contribution is -2.28. The van der Waals surface area contributed by atoms with Gasteiger partial charge in [0.15, 0.2) is 0 Å². The molecule has 4 heteroatoms. The van der Waals surface area contributed by atoms with E-state index in [2.05, 4.69) is 62.8 Å². The zero-order chi connectivity index (χ0) is 19.0. The predicted molar refractivity (Wildman–Crippen MR) is 113 cm³/mol. The number of nitrogens with one attached hydrogen (secondary N) is 4. The van der Waals surface area contributed by atoms with E-state index in [4.69, 9.17) is 0 Å². The third-order valence-corrected chi connectivity index (χ3v) is 4.22. The van der Waals surface area contributed by atoms with Gasteiger partial charge in [-0.3, -0.25) is 0 Å². The van der Waals surface area contributed by atoms with E-state index >= 15 is 0 Å². The molecule has 0 aliphatic carbocycles. The Morgan fingerprint density at radius 3 is 0.880 bits per heavy atom. The molecule has 0 spiro atoms. The maximum atomic E-state index is 3.53. The van der Waals surface area contributed by atoms with Crippen LogP contribution in [-0.2, 0) is 0 Å². The molecule has 0 aliphatic rings. The molecule has 0 unspecified atom stereocenters. The van der Waals surface area contributed by atoms with Crippen LogP contribution in [-0.4, -0.2) is 52.4 Å². The van der Waals surface area contributed by atoms with E-state index in [-0.39, 0.29) is 0 Å². The van der Waals surface area contributed by atoms with Crippen LogP contribution in [0.5, 0.6) is 0 Å². The van der Waals surface area contributed by atoms with Crippen LogP contribution in [0.2, 0.25) is 0 Å². The summed E-state index contributed by atoms with van der Waals surface area (Å²) in [4.78, 5) is 0. The fraction of sp³-hybridized carbons (Fsp3) is 1.00. The van der Waals surface area contributed by atoms with E-state index in [9.17, 15) is 0 Å². The molecule has 0 aromatic carbocycles. The van der Waals surface area contributed by atoms with Gasteiger partial charge in [-0.25, -0.2) is 0 Å². The highest BCUT2D eigenvalue weighted by Crippen LogP contribution is 2.17. The zero-order valence-corrected chi connectivity index (χ0v) is 18.2. The summed E-state index contributed by atoms with van der Waals surface area (Å²) in [6, 6.07) is 0. The zero-order valence-electron chi connectivity index (χ0n) is 18.2. The Hall–Kier alpha value is -0.160. The maximum absolute atomic E-state index is 3.53. The van der Waals surface area contributed by atoms with Crippen LogP contribution in [0.4, 0.5) is 0 Å². The highest BCUT2D eigenvalue weighted by atomic mass is 14.9. The standard InChI is InChI=1S/C21H48N4/c1-20(2,3)10-18-24-16-8-14-22-12-7-13-23-15-9-17-25-19-11-21(4,5)6/h22-25H,7-19H2,1-6H3. The molecule has 4 nitrogen and oxygen atoms in total. The van der Waals surface area contributed by atoms with Crippen molar-refractivity contribution < 1.29 is 0 Å². The topological polar surface area (TPSA) is 48.1 Å². The molecule has 0 bridgehead atoms. The maximum Gasteiger partial charge on any atom is -0.00368 e. The summed E-state index contributed by atoms with van der Waals surface area (Å²) in [5.74, 6) is 0. The van der Waals surface area contributed by atoms with Gasteiger partial charge in [-0.05, 0) is 95.3 Å². The molecule has 152 valence electrons. The second-order valence-corrected chi connectivity index (χ2v) is 9.68. The molecular formula is C21H48N4. The van der Waals surface area contributed by atoms with E-state index in [1.807, 2.05) is 0 Å². The average molecular weight is 357 g/mol. The van der Waals surface area contributed by atoms with Crippen LogP contribution >= 0.6 is 0 Å². The number of hydrogen-bond donors (Lipinski definition) is 4. The van der Waals surface area contributed by atoms with Crippen molar-refractivity contribution in [3.05, 3.63) is 0 Å². The largest absolute Gasteiger partial charge is 0.317 e. The highest BCUT2D eigenvalue weighted by molar-refractivity contribution is 4.64. The number of rotatable bonds is 16.